The van der Waals surface area contributed by atoms with Crippen LogP contribution >= 0.6 is 0 Å². The van der Waals surface area contributed by atoms with Crippen molar-refractivity contribution in [1.82, 2.24) is 4.57 Å². The summed E-state index contributed by atoms with van der Waals surface area (Å²) >= 11 is 0. The van der Waals surface area contributed by atoms with E-state index < -0.39 is 14.9 Å². The van der Waals surface area contributed by atoms with Gasteiger partial charge in [0.2, 0.25) is 5.91 Å². The van der Waals surface area contributed by atoms with E-state index in [0.717, 1.165) is 11.1 Å². The van der Waals surface area contributed by atoms with Gasteiger partial charge in [-0.15, -0.1) is 0 Å². The molecule has 9 nitrogen and oxygen atoms in total. The Morgan fingerprint density at radius 3 is 2.32 bits per heavy atom. The number of nitro groups is 1. The van der Waals surface area contributed by atoms with E-state index in [2.05, 4.69) is 10.0 Å². The van der Waals surface area contributed by atoms with E-state index in [1.54, 1.807) is 22.9 Å². The minimum atomic E-state index is -3.79. The number of nitro benzene ring substituents is 1. The normalized spacial score (nSPS) is 11.4. The zero-order valence-electron chi connectivity index (χ0n) is 18.5. The predicted molar refractivity (Wildman–Crippen MR) is 130 cm³/mol. The van der Waals surface area contributed by atoms with Gasteiger partial charge in [0, 0.05) is 34.9 Å². The molecule has 1 aromatic heterocycles. The van der Waals surface area contributed by atoms with Crippen molar-refractivity contribution >= 4 is 43.9 Å². The Bertz CT molecular complexity index is 1490. The van der Waals surface area contributed by atoms with Crippen molar-refractivity contribution in [3.05, 3.63) is 94.2 Å². The Balaban J connectivity index is 1.45. The molecule has 1 heterocycles. The maximum Gasteiger partial charge on any atom is 0.270 e. The molecule has 0 aliphatic heterocycles. The van der Waals surface area contributed by atoms with E-state index >= 15 is 0 Å². The second kappa shape index (κ2) is 8.99. The molecule has 174 valence electrons. The van der Waals surface area contributed by atoms with Crippen molar-refractivity contribution in [2.75, 3.05) is 10.0 Å². The van der Waals surface area contributed by atoms with Gasteiger partial charge in [0.15, 0.2) is 0 Å². The highest BCUT2D eigenvalue weighted by Crippen LogP contribution is 2.25. The first-order valence-corrected chi connectivity index (χ1v) is 11.8. The summed E-state index contributed by atoms with van der Waals surface area (Å²) in [5, 5.41) is 14.3. The van der Waals surface area contributed by atoms with Crippen molar-refractivity contribution in [2.24, 2.45) is 0 Å². The van der Waals surface area contributed by atoms with Crippen LogP contribution in [0.3, 0.4) is 0 Å². The average molecular weight is 479 g/mol. The molecule has 0 aliphatic carbocycles. The molecule has 1 amide bonds. The number of hydrogen-bond acceptors (Lipinski definition) is 5. The molecule has 2 N–H and O–H groups in total. The third-order valence-corrected chi connectivity index (χ3v) is 6.81. The summed E-state index contributed by atoms with van der Waals surface area (Å²) in [5.74, 6) is -0.319. The van der Waals surface area contributed by atoms with Crippen molar-refractivity contribution < 1.29 is 18.1 Å². The van der Waals surface area contributed by atoms with Crippen LogP contribution in [0.2, 0.25) is 0 Å². The van der Waals surface area contributed by atoms with Gasteiger partial charge in [0.1, 0.15) is 6.54 Å². The molecule has 0 saturated carbocycles. The molecule has 0 saturated heterocycles. The van der Waals surface area contributed by atoms with Gasteiger partial charge in [-0.1, -0.05) is 18.2 Å². The summed E-state index contributed by atoms with van der Waals surface area (Å²) in [4.78, 5) is 23.1. The number of anilines is 2. The van der Waals surface area contributed by atoms with Crippen LogP contribution in [0.4, 0.5) is 17.1 Å². The minimum Gasteiger partial charge on any atom is -0.338 e. The second-order valence-corrected chi connectivity index (χ2v) is 9.57. The number of carbonyl (C=O) groups excluding carboxylic acids is 1. The SMILES string of the molecule is Cc1cccc(C)c1NS(=O)(=O)c1ccc(NC(=O)Cn2ccc3cc([N+](=O)[O-])ccc32)cc1. The number of carbonyl (C=O) groups is 1. The summed E-state index contributed by atoms with van der Waals surface area (Å²) in [6, 6.07) is 17.6. The lowest BCUT2D eigenvalue weighted by molar-refractivity contribution is -0.384. The smallest absolute Gasteiger partial charge is 0.270 e. The number of aromatic nitrogens is 1. The highest BCUT2D eigenvalue weighted by molar-refractivity contribution is 7.92. The van der Waals surface area contributed by atoms with Crippen molar-refractivity contribution in [1.29, 1.82) is 0 Å². The maximum atomic E-state index is 12.8. The quantitative estimate of drug-likeness (QED) is 0.297. The molecule has 34 heavy (non-hydrogen) atoms. The minimum absolute atomic E-state index is 0.00449. The molecule has 0 atom stereocenters. The molecule has 0 bridgehead atoms. The molecule has 4 rings (SSSR count). The zero-order chi connectivity index (χ0) is 24.5. The maximum absolute atomic E-state index is 12.8. The summed E-state index contributed by atoms with van der Waals surface area (Å²) in [6.07, 6.45) is 1.68. The van der Waals surface area contributed by atoms with Gasteiger partial charge in [-0.25, -0.2) is 8.42 Å². The monoisotopic (exact) mass is 478 g/mol. The Morgan fingerprint density at radius 2 is 1.68 bits per heavy atom. The van der Waals surface area contributed by atoms with E-state index in [1.165, 1.54) is 36.4 Å². The third kappa shape index (κ3) is 4.76. The van der Waals surface area contributed by atoms with Gasteiger partial charge in [0.05, 0.1) is 15.5 Å². The number of benzene rings is 3. The Hall–Kier alpha value is -4.18. The molecule has 0 fully saturated rings. The molecular formula is C24H22N4O5S. The molecule has 10 heteroatoms. The fourth-order valence-corrected chi connectivity index (χ4v) is 4.88. The Morgan fingerprint density at radius 1 is 1.00 bits per heavy atom. The molecule has 4 aromatic rings. The van der Waals surface area contributed by atoms with Crippen molar-refractivity contribution in [3.8, 4) is 0 Å². The van der Waals surface area contributed by atoms with E-state index in [1.807, 2.05) is 32.0 Å². The van der Waals surface area contributed by atoms with Gasteiger partial charge < -0.3 is 9.88 Å². The van der Waals surface area contributed by atoms with Crippen LogP contribution in [0.15, 0.2) is 77.8 Å². The van der Waals surface area contributed by atoms with Gasteiger partial charge in [-0.2, -0.15) is 0 Å². The second-order valence-electron chi connectivity index (χ2n) is 7.89. The van der Waals surface area contributed by atoms with E-state index in [-0.39, 0.29) is 23.0 Å². The lowest BCUT2D eigenvalue weighted by Gasteiger charge is -2.13. The first kappa shape index (κ1) is 23.0. The van der Waals surface area contributed by atoms with Crippen LogP contribution in [-0.2, 0) is 21.4 Å². The molecule has 0 unspecified atom stereocenters. The number of nitrogens with one attached hydrogen (secondary N) is 2. The van der Waals surface area contributed by atoms with Gasteiger partial charge in [-0.05, 0) is 61.4 Å². The Kier molecular flexibility index (Phi) is 6.08. The van der Waals surface area contributed by atoms with E-state index in [4.69, 9.17) is 0 Å². The lowest BCUT2D eigenvalue weighted by Crippen LogP contribution is -2.18. The predicted octanol–water partition coefficient (Wildman–Crippen LogP) is 4.61. The van der Waals surface area contributed by atoms with Gasteiger partial charge >= 0.3 is 0 Å². The number of amides is 1. The van der Waals surface area contributed by atoms with Crippen LogP contribution in [0.1, 0.15) is 11.1 Å². The van der Waals surface area contributed by atoms with Gasteiger partial charge in [-0.3, -0.25) is 19.6 Å². The number of para-hydroxylation sites is 1. The van der Waals surface area contributed by atoms with Crippen LogP contribution < -0.4 is 10.0 Å². The average Bonchev–Trinajstić information content (AvgIpc) is 3.18. The van der Waals surface area contributed by atoms with E-state index in [9.17, 15) is 23.3 Å². The highest BCUT2D eigenvalue weighted by atomic mass is 32.2. The molecule has 3 aromatic carbocycles. The highest BCUT2D eigenvalue weighted by Gasteiger charge is 2.17. The zero-order valence-corrected chi connectivity index (χ0v) is 19.3. The third-order valence-electron chi connectivity index (χ3n) is 5.45. The standard InChI is InChI=1S/C24H22N4O5S/c1-16-4-3-5-17(2)24(16)26-34(32,33)21-9-6-19(7-10-21)25-23(29)15-27-13-12-18-14-20(28(30)31)8-11-22(18)27/h3-14,26H,15H2,1-2H3,(H,25,29). The van der Waals surface area contributed by atoms with Gasteiger partial charge in [0.25, 0.3) is 15.7 Å². The van der Waals surface area contributed by atoms with Crippen LogP contribution in [0.25, 0.3) is 10.9 Å². The summed E-state index contributed by atoms with van der Waals surface area (Å²) in [5.41, 5.74) is 3.31. The number of hydrogen-bond donors (Lipinski definition) is 2. The van der Waals surface area contributed by atoms with Crippen LogP contribution in [0.5, 0.6) is 0 Å². The largest absolute Gasteiger partial charge is 0.338 e. The number of sulfonamides is 1. The van der Waals surface area contributed by atoms with E-state index in [0.29, 0.717) is 22.3 Å². The first-order valence-electron chi connectivity index (χ1n) is 10.4. The Labute approximate surface area is 196 Å². The topological polar surface area (TPSA) is 123 Å². The van der Waals surface area contributed by atoms with Crippen LogP contribution in [-0.4, -0.2) is 23.8 Å². The molecular weight excluding hydrogens is 456 g/mol. The lowest BCUT2D eigenvalue weighted by atomic mass is 10.1. The number of rotatable bonds is 7. The van der Waals surface area contributed by atoms with Crippen LogP contribution in [0, 0.1) is 24.0 Å². The number of aryl methyl sites for hydroxylation is 2. The first-order chi connectivity index (χ1) is 16.1. The summed E-state index contributed by atoms with van der Waals surface area (Å²) < 4.78 is 29.9. The molecule has 0 spiro atoms. The number of non-ortho nitro benzene ring substituents is 1. The fraction of sp³-hybridized carbons (Fsp3) is 0.125. The summed E-state index contributed by atoms with van der Waals surface area (Å²) in [6.45, 7) is 3.66. The fourth-order valence-electron chi connectivity index (χ4n) is 3.68. The van der Waals surface area contributed by atoms with Crippen molar-refractivity contribution in [2.45, 2.75) is 25.3 Å². The number of nitrogens with zero attached hydrogens (tertiary/aromatic N) is 2. The molecule has 0 aliphatic rings. The number of fused-ring (bicyclic) bond motifs is 1. The van der Waals surface area contributed by atoms with Crippen molar-refractivity contribution in [3.63, 3.8) is 0 Å². The molecule has 0 radical (unpaired) electrons. The summed E-state index contributed by atoms with van der Waals surface area (Å²) in [7, 11) is -3.79.